The maximum absolute atomic E-state index is 11.7. The average Bonchev–Trinajstić information content (AvgIpc) is 2.42. The normalized spacial score (nSPS) is 11.7. The Balaban J connectivity index is 2.47. The van der Waals surface area contributed by atoms with Crippen LogP contribution >= 0.6 is 0 Å². The zero-order valence-corrected chi connectivity index (χ0v) is 17.7. The van der Waals surface area contributed by atoms with E-state index in [1.165, 1.54) is 0 Å². The van der Waals surface area contributed by atoms with Gasteiger partial charge in [-0.3, -0.25) is 0 Å². The second-order valence-corrected chi connectivity index (χ2v) is 8.68. The van der Waals surface area contributed by atoms with Crippen molar-refractivity contribution in [3.8, 4) is 0 Å². The maximum atomic E-state index is 11.7. The van der Waals surface area contributed by atoms with Crippen LogP contribution < -0.4 is 10.6 Å². The van der Waals surface area contributed by atoms with E-state index < -0.39 is 23.4 Å². The molecule has 2 amide bonds. The Hall–Kier alpha value is -2.24. The first-order valence-corrected chi connectivity index (χ1v) is 9.37. The number of amides is 2. The Kier molecular flexibility index (Phi) is 8.13. The van der Waals surface area contributed by atoms with Gasteiger partial charge in [-0.25, -0.2) is 9.59 Å². The Morgan fingerprint density at radius 2 is 1.15 bits per heavy atom. The number of nitrogens with one attached hydrogen (secondary N) is 2. The molecule has 2 N–H and O–H groups in total. The van der Waals surface area contributed by atoms with Crippen molar-refractivity contribution in [2.45, 2.75) is 72.5 Å². The quantitative estimate of drug-likeness (QED) is 0.780. The lowest BCUT2D eigenvalue weighted by molar-refractivity contribution is 0.0517. The van der Waals surface area contributed by atoms with Crippen molar-refractivity contribution in [2.75, 3.05) is 13.1 Å². The van der Waals surface area contributed by atoms with Gasteiger partial charge in [-0.05, 0) is 72.4 Å². The number of benzene rings is 1. The SMILES string of the molecule is Cc1cc(CCNC(=O)OC(C)(C)C)cc(CCNC(=O)OC(C)(C)C)c1. The van der Waals surface area contributed by atoms with E-state index in [1.54, 1.807) is 0 Å². The van der Waals surface area contributed by atoms with Crippen LogP contribution in [0.1, 0.15) is 58.2 Å². The van der Waals surface area contributed by atoms with Gasteiger partial charge in [0.2, 0.25) is 0 Å². The summed E-state index contributed by atoms with van der Waals surface area (Å²) < 4.78 is 10.5. The molecule has 0 aliphatic carbocycles. The molecule has 6 heteroatoms. The van der Waals surface area contributed by atoms with Gasteiger partial charge < -0.3 is 20.1 Å². The smallest absolute Gasteiger partial charge is 0.407 e. The van der Waals surface area contributed by atoms with Crippen molar-refractivity contribution >= 4 is 12.2 Å². The predicted molar refractivity (Wildman–Crippen MR) is 107 cm³/mol. The highest BCUT2D eigenvalue weighted by atomic mass is 16.6. The summed E-state index contributed by atoms with van der Waals surface area (Å²) >= 11 is 0. The van der Waals surface area contributed by atoms with Crippen LogP contribution in [0.5, 0.6) is 0 Å². The molecular formula is C21H34N2O4. The summed E-state index contributed by atoms with van der Waals surface area (Å²) in [7, 11) is 0. The van der Waals surface area contributed by atoms with Crippen LogP contribution in [-0.2, 0) is 22.3 Å². The molecule has 0 bridgehead atoms. The highest BCUT2D eigenvalue weighted by Crippen LogP contribution is 2.12. The van der Waals surface area contributed by atoms with E-state index in [2.05, 4.69) is 28.8 Å². The van der Waals surface area contributed by atoms with Gasteiger partial charge in [0.15, 0.2) is 0 Å². The Morgan fingerprint density at radius 1 is 0.778 bits per heavy atom. The molecule has 0 spiro atoms. The molecular weight excluding hydrogens is 344 g/mol. The van der Waals surface area contributed by atoms with Crippen molar-refractivity contribution in [2.24, 2.45) is 0 Å². The first-order chi connectivity index (χ1) is 12.3. The summed E-state index contributed by atoms with van der Waals surface area (Å²) in [5.41, 5.74) is 2.43. The maximum Gasteiger partial charge on any atom is 0.407 e. The molecule has 0 fully saturated rings. The standard InChI is InChI=1S/C21H34N2O4/c1-15-12-16(8-10-22-18(24)26-20(2,3)4)14-17(13-15)9-11-23-19(25)27-21(5,6)7/h12-14H,8-11H2,1-7H3,(H,22,24)(H,23,25). The summed E-state index contributed by atoms with van der Waals surface area (Å²) in [6, 6.07) is 6.30. The third kappa shape index (κ3) is 11.2. The summed E-state index contributed by atoms with van der Waals surface area (Å²) in [4.78, 5) is 23.4. The highest BCUT2D eigenvalue weighted by molar-refractivity contribution is 5.68. The molecule has 0 saturated heterocycles. The minimum Gasteiger partial charge on any atom is -0.444 e. The van der Waals surface area contributed by atoms with Crippen molar-refractivity contribution < 1.29 is 19.1 Å². The first-order valence-electron chi connectivity index (χ1n) is 9.37. The van der Waals surface area contributed by atoms with E-state index in [-0.39, 0.29) is 0 Å². The number of rotatable bonds is 6. The minimum absolute atomic E-state index is 0.406. The fraction of sp³-hybridized carbons (Fsp3) is 0.619. The molecule has 0 aliphatic heterocycles. The third-order valence-corrected chi connectivity index (χ3v) is 3.36. The van der Waals surface area contributed by atoms with Gasteiger partial charge >= 0.3 is 12.2 Å². The molecule has 1 rings (SSSR count). The zero-order valence-electron chi connectivity index (χ0n) is 17.7. The third-order valence-electron chi connectivity index (χ3n) is 3.36. The average molecular weight is 379 g/mol. The van der Waals surface area contributed by atoms with Crippen LogP contribution in [0.2, 0.25) is 0 Å². The molecule has 0 aliphatic rings. The predicted octanol–water partition coefficient (Wildman–Crippen LogP) is 4.13. The van der Waals surface area contributed by atoms with Crippen LogP contribution in [0.3, 0.4) is 0 Å². The van der Waals surface area contributed by atoms with Crippen LogP contribution in [0.15, 0.2) is 18.2 Å². The van der Waals surface area contributed by atoms with Crippen LogP contribution in [-0.4, -0.2) is 36.5 Å². The second kappa shape index (κ2) is 9.62. The topological polar surface area (TPSA) is 76.7 Å². The largest absolute Gasteiger partial charge is 0.444 e. The molecule has 6 nitrogen and oxygen atoms in total. The molecule has 0 unspecified atom stereocenters. The molecule has 0 radical (unpaired) electrons. The van der Waals surface area contributed by atoms with Gasteiger partial charge in [0.1, 0.15) is 11.2 Å². The van der Waals surface area contributed by atoms with Gasteiger partial charge in [-0.1, -0.05) is 23.8 Å². The van der Waals surface area contributed by atoms with Crippen LogP contribution in [0.25, 0.3) is 0 Å². The number of ether oxygens (including phenoxy) is 2. The molecule has 0 saturated carbocycles. The highest BCUT2D eigenvalue weighted by Gasteiger charge is 2.16. The van der Waals surface area contributed by atoms with Gasteiger partial charge in [0.25, 0.3) is 0 Å². The summed E-state index contributed by atoms with van der Waals surface area (Å²) in [5, 5.41) is 5.54. The van der Waals surface area contributed by atoms with Gasteiger partial charge in [-0.2, -0.15) is 0 Å². The lowest BCUT2D eigenvalue weighted by atomic mass is 10.0. The van der Waals surface area contributed by atoms with E-state index in [0.29, 0.717) is 25.9 Å². The molecule has 27 heavy (non-hydrogen) atoms. The zero-order chi connectivity index (χ0) is 20.7. The number of aryl methyl sites for hydroxylation is 1. The number of carbonyl (C=O) groups is 2. The Morgan fingerprint density at radius 3 is 1.48 bits per heavy atom. The van der Waals surface area contributed by atoms with Gasteiger partial charge in [-0.15, -0.1) is 0 Å². The fourth-order valence-electron chi connectivity index (χ4n) is 2.48. The number of hydrogen-bond acceptors (Lipinski definition) is 4. The van der Waals surface area contributed by atoms with Crippen LogP contribution in [0.4, 0.5) is 9.59 Å². The monoisotopic (exact) mass is 378 g/mol. The number of carbonyl (C=O) groups excluding carboxylic acids is 2. The molecule has 0 aromatic heterocycles. The van der Waals surface area contributed by atoms with Crippen molar-refractivity contribution in [1.29, 1.82) is 0 Å². The summed E-state index contributed by atoms with van der Waals surface area (Å²) in [6.45, 7) is 14.1. The number of alkyl carbamates (subject to hydrolysis) is 2. The second-order valence-electron chi connectivity index (χ2n) is 8.68. The molecule has 1 aromatic carbocycles. The number of hydrogen-bond donors (Lipinski definition) is 2. The van der Waals surface area contributed by atoms with E-state index in [0.717, 1.165) is 16.7 Å². The lowest BCUT2D eigenvalue weighted by Crippen LogP contribution is -2.33. The molecule has 152 valence electrons. The summed E-state index contributed by atoms with van der Waals surface area (Å²) in [5.74, 6) is 0. The fourth-order valence-corrected chi connectivity index (χ4v) is 2.48. The van der Waals surface area contributed by atoms with E-state index in [4.69, 9.17) is 9.47 Å². The molecule has 0 heterocycles. The van der Waals surface area contributed by atoms with E-state index in [9.17, 15) is 9.59 Å². The first kappa shape index (κ1) is 22.8. The summed E-state index contributed by atoms with van der Waals surface area (Å²) in [6.07, 6.45) is 0.620. The van der Waals surface area contributed by atoms with Crippen molar-refractivity contribution in [1.82, 2.24) is 10.6 Å². The molecule has 1 aromatic rings. The molecule has 0 atom stereocenters. The van der Waals surface area contributed by atoms with E-state index in [1.807, 2.05) is 48.5 Å². The minimum atomic E-state index is -0.498. The van der Waals surface area contributed by atoms with Gasteiger partial charge in [0, 0.05) is 13.1 Å². The van der Waals surface area contributed by atoms with Gasteiger partial charge in [0.05, 0.1) is 0 Å². The lowest BCUT2D eigenvalue weighted by Gasteiger charge is -2.20. The van der Waals surface area contributed by atoms with Crippen molar-refractivity contribution in [3.05, 3.63) is 34.9 Å². The van der Waals surface area contributed by atoms with E-state index >= 15 is 0 Å². The van der Waals surface area contributed by atoms with Crippen molar-refractivity contribution in [3.63, 3.8) is 0 Å². The Labute approximate surface area is 163 Å². The van der Waals surface area contributed by atoms with Crippen LogP contribution in [0, 0.1) is 6.92 Å². The Bertz CT molecular complexity index is 590.